The molecule has 0 saturated carbocycles. The molecule has 2 aromatic heterocycles. The Bertz CT molecular complexity index is 862. The molecule has 0 aliphatic carbocycles. The molecule has 7 nitrogen and oxygen atoms in total. The molecule has 0 atom stereocenters. The van der Waals surface area contributed by atoms with E-state index in [1.807, 2.05) is 25.1 Å². The first-order valence-corrected chi connectivity index (χ1v) is 7.84. The van der Waals surface area contributed by atoms with Crippen LogP contribution in [0.3, 0.4) is 0 Å². The van der Waals surface area contributed by atoms with Gasteiger partial charge in [-0.15, -0.1) is 0 Å². The Morgan fingerprint density at radius 1 is 1.28 bits per heavy atom. The normalized spacial score (nSPS) is 10.5. The monoisotopic (exact) mass is 338 g/mol. The number of hydrogen-bond donors (Lipinski definition) is 1. The Balaban J connectivity index is 1.56. The van der Waals surface area contributed by atoms with Crippen LogP contribution in [0.4, 0.5) is 0 Å². The van der Waals surface area contributed by atoms with E-state index in [0.717, 1.165) is 11.3 Å². The standard InChI is InChI=1S/C18H18N4O3/c1-12-11-13(24-2)6-7-14(12)17(23)20-10-8-16-21-18(25-22-16)15-5-3-4-9-19-15/h3-7,9,11H,8,10H2,1-2H3,(H,20,23). The van der Waals surface area contributed by atoms with Crippen molar-refractivity contribution < 1.29 is 14.1 Å². The molecule has 0 fully saturated rings. The second-order valence-corrected chi connectivity index (χ2v) is 5.42. The molecule has 3 rings (SSSR count). The van der Waals surface area contributed by atoms with Crippen molar-refractivity contribution in [2.45, 2.75) is 13.3 Å². The van der Waals surface area contributed by atoms with Crippen LogP contribution in [0.15, 0.2) is 47.1 Å². The van der Waals surface area contributed by atoms with Crippen LogP contribution < -0.4 is 10.1 Å². The highest BCUT2D eigenvalue weighted by molar-refractivity contribution is 5.95. The molecule has 0 bridgehead atoms. The summed E-state index contributed by atoms with van der Waals surface area (Å²) >= 11 is 0. The number of nitrogens with one attached hydrogen (secondary N) is 1. The van der Waals surface area contributed by atoms with E-state index in [1.54, 1.807) is 31.5 Å². The van der Waals surface area contributed by atoms with Crippen molar-refractivity contribution in [3.8, 4) is 17.3 Å². The molecular weight excluding hydrogens is 320 g/mol. The van der Waals surface area contributed by atoms with E-state index in [0.29, 0.717) is 35.9 Å². The van der Waals surface area contributed by atoms with Crippen LogP contribution in [0.5, 0.6) is 5.75 Å². The Kier molecular flexibility index (Phi) is 5.03. The number of carbonyl (C=O) groups excluding carboxylic acids is 1. The molecule has 1 N–H and O–H groups in total. The zero-order valence-electron chi connectivity index (χ0n) is 14.0. The van der Waals surface area contributed by atoms with Crippen LogP contribution in [0.2, 0.25) is 0 Å². The van der Waals surface area contributed by atoms with Crippen LogP contribution in [0.1, 0.15) is 21.7 Å². The average Bonchev–Trinajstić information content (AvgIpc) is 3.11. The summed E-state index contributed by atoms with van der Waals surface area (Å²) in [7, 11) is 1.60. The van der Waals surface area contributed by atoms with E-state index in [2.05, 4.69) is 20.4 Å². The van der Waals surface area contributed by atoms with Gasteiger partial charge in [-0.1, -0.05) is 11.2 Å². The molecule has 25 heavy (non-hydrogen) atoms. The van der Waals surface area contributed by atoms with Crippen molar-refractivity contribution >= 4 is 5.91 Å². The fraction of sp³-hybridized carbons (Fsp3) is 0.222. The molecule has 3 aromatic rings. The lowest BCUT2D eigenvalue weighted by Gasteiger charge is -2.08. The predicted molar refractivity (Wildman–Crippen MR) is 91.3 cm³/mol. The molecule has 0 saturated heterocycles. The average molecular weight is 338 g/mol. The van der Waals surface area contributed by atoms with E-state index in [9.17, 15) is 4.79 Å². The number of amides is 1. The lowest BCUT2D eigenvalue weighted by atomic mass is 10.1. The molecule has 1 aromatic carbocycles. The maximum absolute atomic E-state index is 12.3. The van der Waals surface area contributed by atoms with Gasteiger partial charge in [-0.2, -0.15) is 4.98 Å². The van der Waals surface area contributed by atoms with Gasteiger partial charge in [0.15, 0.2) is 5.82 Å². The molecule has 128 valence electrons. The highest BCUT2D eigenvalue weighted by atomic mass is 16.5. The fourth-order valence-electron chi connectivity index (χ4n) is 2.35. The topological polar surface area (TPSA) is 90.1 Å². The third kappa shape index (κ3) is 4.00. The van der Waals surface area contributed by atoms with E-state index >= 15 is 0 Å². The molecular formula is C18H18N4O3. The highest BCUT2D eigenvalue weighted by Crippen LogP contribution is 2.17. The highest BCUT2D eigenvalue weighted by Gasteiger charge is 2.12. The molecule has 0 aliphatic rings. The van der Waals surface area contributed by atoms with Crippen LogP contribution in [-0.2, 0) is 6.42 Å². The summed E-state index contributed by atoms with van der Waals surface area (Å²) in [5, 5.41) is 6.77. The van der Waals surface area contributed by atoms with Crippen LogP contribution in [-0.4, -0.2) is 34.7 Å². The maximum atomic E-state index is 12.3. The van der Waals surface area contributed by atoms with Crippen molar-refractivity contribution in [1.82, 2.24) is 20.4 Å². The lowest BCUT2D eigenvalue weighted by molar-refractivity contribution is 0.0953. The summed E-state index contributed by atoms with van der Waals surface area (Å²) in [6.45, 7) is 2.28. The van der Waals surface area contributed by atoms with E-state index in [4.69, 9.17) is 9.26 Å². The van der Waals surface area contributed by atoms with Gasteiger partial charge in [-0.05, 0) is 42.8 Å². The van der Waals surface area contributed by atoms with Crippen molar-refractivity contribution in [2.75, 3.05) is 13.7 Å². The molecule has 0 aliphatic heterocycles. The first-order valence-electron chi connectivity index (χ1n) is 7.84. The number of nitrogens with zero attached hydrogens (tertiary/aromatic N) is 3. The summed E-state index contributed by atoms with van der Waals surface area (Å²) in [6, 6.07) is 10.8. The van der Waals surface area contributed by atoms with E-state index in [1.165, 1.54) is 0 Å². The van der Waals surface area contributed by atoms with Crippen LogP contribution in [0.25, 0.3) is 11.6 Å². The molecule has 2 heterocycles. The van der Waals surface area contributed by atoms with Gasteiger partial charge in [-0.25, -0.2) is 0 Å². The van der Waals surface area contributed by atoms with Crippen molar-refractivity contribution in [1.29, 1.82) is 0 Å². The van der Waals surface area contributed by atoms with Gasteiger partial charge >= 0.3 is 0 Å². The third-order valence-corrected chi connectivity index (χ3v) is 3.66. The minimum atomic E-state index is -0.145. The minimum Gasteiger partial charge on any atom is -0.497 e. The number of benzene rings is 1. The zero-order valence-corrected chi connectivity index (χ0v) is 14.0. The summed E-state index contributed by atoms with van der Waals surface area (Å²) in [5.74, 6) is 1.47. The number of aromatic nitrogens is 3. The van der Waals surface area contributed by atoms with E-state index in [-0.39, 0.29) is 5.91 Å². The Labute approximate surface area is 145 Å². The fourth-order valence-corrected chi connectivity index (χ4v) is 2.35. The summed E-state index contributed by atoms with van der Waals surface area (Å²) < 4.78 is 10.3. The molecule has 0 radical (unpaired) electrons. The second-order valence-electron chi connectivity index (χ2n) is 5.42. The summed E-state index contributed by atoms with van der Waals surface area (Å²) in [4.78, 5) is 20.7. The molecule has 0 spiro atoms. The Morgan fingerprint density at radius 3 is 2.88 bits per heavy atom. The molecule has 0 unspecified atom stereocenters. The number of rotatable bonds is 6. The van der Waals surface area contributed by atoms with Crippen molar-refractivity contribution in [3.05, 3.63) is 59.5 Å². The Hall–Kier alpha value is -3.22. The van der Waals surface area contributed by atoms with Gasteiger partial charge in [0.2, 0.25) is 0 Å². The molecule has 7 heteroatoms. The number of hydrogen-bond acceptors (Lipinski definition) is 6. The van der Waals surface area contributed by atoms with Gasteiger partial charge in [0.05, 0.1) is 7.11 Å². The van der Waals surface area contributed by atoms with Crippen LogP contribution >= 0.6 is 0 Å². The van der Waals surface area contributed by atoms with Gasteiger partial charge in [0.1, 0.15) is 11.4 Å². The SMILES string of the molecule is COc1ccc(C(=O)NCCc2noc(-c3ccccn3)n2)c(C)c1. The van der Waals surface area contributed by atoms with Crippen molar-refractivity contribution in [3.63, 3.8) is 0 Å². The summed E-state index contributed by atoms with van der Waals surface area (Å²) in [6.07, 6.45) is 2.13. The zero-order chi connectivity index (χ0) is 17.6. The van der Waals surface area contributed by atoms with Crippen molar-refractivity contribution in [2.24, 2.45) is 0 Å². The van der Waals surface area contributed by atoms with Gasteiger partial charge in [-0.3, -0.25) is 9.78 Å². The number of pyridine rings is 1. The number of aryl methyl sites for hydroxylation is 1. The van der Waals surface area contributed by atoms with Gasteiger partial charge in [0.25, 0.3) is 11.8 Å². The number of ether oxygens (including phenoxy) is 1. The maximum Gasteiger partial charge on any atom is 0.276 e. The number of carbonyl (C=O) groups is 1. The third-order valence-electron chi connectivity index (χ3n) is 3.66. The quantitative estimate of drug-likeness (QED) is 0.742. The minimum absolute atomic E-state index is 0.145. The first-order chi connectivity index (χ1) is 12.2. The molecule has 1 amide bonds. The smallest absolute Gasteiger partial charge is 0.276 e. The first kappa shape index (κ1) is 16.6. The second kappa shape index (κ2) is 7.57. The van der Waals surface area contributed by atoms with Gasteiger partial charge in [0, 0.05) is 24.7 Å². The summed E-state index contributed by atoms with van der Waals surface area (Å²) in [5.41, 5.74) is 2.09. The predicted octanol–water partition coefficient (Wildman–Crippen LogP) is 2.42. The van der Waals surface area contributed by atoms with E-state index < -0.39 is 0 Å². The largest absolute Gasteiger partial charge is 0.497 e. The van der Waals surface area contributed by atoms with Gasteiger partial charge < -0.3 is 14.6 Å². The Morgan fingerprint density at radius 2 is 2.16 bits per heavy atom. The van der Waals surface area contributed by atoms with Crippen LogP contribution in [0, 0.1) is 6.92 Å². The lowest BCUT2D eigenvalue weighted by Crippen LogP contribution is -2.26. The number of methoxy groups -OCH3 is 1.